The molecule has 0 aliphatic carbocycles. The first-order chi connectivity index (χ1) is 8.29. The molecular formula is C13H14N2O2. The molecule has 0 aromatic carbocycles. The summed E-state index contributed by atoms with van der Waals surface area (Å²) in [5.41, 5.74) is 0.766. The van der Waals surface area contributed by atoms with E-state index < -0.39 is 0 Å². The van der Waals surface area contributed by atoms with Crippen molar-refractivity contribution in [3.63, 3.8) is 0 Å². The molecular weight excluding hydrogens is 216 g/mol. The van der Waals surface area contributed by atoms with Crippen LogP contribution in [-0.4, -0.2) is 15.9 Å². The Bertz CT molecular complexity index is 391. The predicted molar refractivity (Wildman–Crippen MR) is 63.9 cm³/mol. The van der Waals surface area contributed by atoms with Gasteiger partial charge >= 0.3 is 5.97 Å². The highest BCUT2D eigenvalue weighted by Gasteiger charge is 1.94. The second-order valence-electron chi connectivity index (χ2n) is 3.13. The van der Waals surface area contributed by atoms with E-state index in [0.29, 0.717) is 0 Å². The Balaban J connectivity index is 0.000000202. The molecule has 0 radical (unpaired) electrons. The molecule has 0 saturated carbocycles. The molecule has 0 fully saturated rings. The van der Waals surface area contributed by atoms with Gasteiger partial charge in [0.15, 0.2) is 0 Å². The molecule has 2 heterocycles. The normalized spacial score (nSPS) is 8.76. The number of carbonyl (C=O) groups excluding carboxylic acids is 1. The zero-order chi connectivity index (χ0) is 12.3. The van der Waals surface area contributed by atoms with Gasteiger partial charge in [-0.3, -0.25) is 14.8 Å². The van der Waals surface area contributed by atoms with E-state index in [9.17, 15) is 4.79 Å². The van der Waals surface area contributed by atoms with Crippen LogP contribution in [0.3, 0.4) is 0 Å². The van der Waals surface area contributed by atoms with Gasteiger partial charge in [0.2, 0.25) is 0 Å². The smallest absolute Gasteiger partial charge is 0.303 e. The maximum absolute atomic E-state index is 10.4. The molecule has 0 atom stereocenters. The fraction of sp³-hybridized carbons (Fsp3) is 0.154. The highest BCUT2D eigenvalue weighted by molar-refractivity contribution is 5.65. The van der Waals surface area contributed by atoms with E-state index in [0.717, 1.165) is 5.69 Å². The molecule has 17 heavy (non-hydrogen) atoms. The lowest BCUT2D eigenvalue weighted by molar-refractivity contribution is -0.142. The van der Waals surface area contributed by atoms with Crippen LogP contribution in [0.4, 0.5) is 0 Å². The Hall–Kier alpha value is -2.23. The van der Waals surface area contributed by atoms with Crippen LogP contribution >= 0.6 is 0 Å². The van der Waals surface area contributed by atoms with E-state index in [4.69, 9.17) is 4.74 Å². The Labute approximate surface area is 100 Å². The summed E-state index contributed by atoms with van der Waals surface area (Å²) in [7, 11) is 0. The van der Waals surface area contributed by atoms with E-state index >= 15 is 0 Å². The zero-order valence-electron chi connectivity index (χ0n) is 9.61. The topological polar surface area (TPSA) is 52.1 Å². The lowest BCUT2D eigenvalue weighted by Crippen LogP contribution is -1.99. The summed E-state index contributed by atoms with van der Waals surface area (Å²) in [6, 6.07) is 11.2. The van der Waals surface area contributed by atoms with Crippen molar-refractivity contribution in [2.24, 2.45) is 0 Å². The van der Waals surface area contributed by atoms with Gasteiger partial charge in [-0.2, -0.15) is 0 Å². The van der Waals surface area contributed by atoms with Crippen LogP contribution in [0.15, 0.2) is 55.0 Å². The average molecular weight is 230 g/mol. The van der Waals surface area contributed by atoms with E-state index in [-0.39, 0.29) is 12.6 Å². The molecule has 0 unspecified atom stereocenters. The highest BCUT2D eigenvalue weighted by Crippen LogP contribution is 1.95. The number of hydrogen-bond donors (Lipinski definition) is 0. The van der Waals surface area contributed by atoms with Gasteiger partial charge in [0.25, 0.3) is 0 Å². The van der Waals surface area contributed by atoms with Crippen LogP contribution in [-0.2, 0) is 16.1 Å². The molecule has 0 aliphatic rings. The first kappa shape index (κ1) is 12.8. The van der Waals surface area contributed by atoms with Crippen molar-refractivity contribution in [1.82, 2.24) is 9.97 Å². The van der Waals surface area contributed by atoms with Gasteiger partial charge in [0.05, 0.1) is 5.69 Å². The van der Waals surface area contributed by atoms with Crippen LogP contribution in [0.5, 0.6) is 0 Å². The van der Waals surface area contributed by atoms with Gasteiger partial charge in [0, 0.05) is 25.5 Å². The molecule has 0 aliphatic heterocycles. The Kier molecular flexibility index (Phi) is 6.03. The first-order valence-electron chi connectivity index (χ1n) is 5.17. The lowest BCUT2D eigenvalue weighted by atomic mass is 10.4. The van der Waals surface area contributed by atoms with Gasteiger partial charge in [0.1, 0.15) is 6.61 Å². The van der Waals surface area contributed by atoms with E-state index in [1.807, 2.05) is 36.4 Å². The van der Waals surface area contributed by atoms with Crippen LogP contribution in [0, 0.1) is 0 Å². The van der Waals surface area contributed by atoms with Crippen molar-refractivity contribution in [1.29, 1.82) is 0 Å². The molecule has 2 rings (SSSR count). The minimum atomic E-state index is -0.282. The fourth-order valence-corrected chi connectivity index (χ4v) is 0.972. The monoisotopic (exact) mass is 230 g/mol. The van der Waals surface area contributed by atoms with E-state index in [1.165, 1.54) is 6.92 Å². The third-order valence-corrected chi connectivity index (χ3v) is 1.72. The Morgan fingerprint density at radius 2 is 1.82 bits per heavy atom. The number of carbonyl (C=O) groups is 1. The van der Waals surface area contributed by atoms with E-state index in [1.54, 1.807) is 18.6 Å². The van der Waals surface area contributed by atoms with Crippen molar-refractivity contribution < 1.29 is 9.53 Å². The zero-order valence-corrected chi connectivity index (χ0v) is 9.61. The fourth-order valence-electron chi connectivity index (χ4n) is 0.972. The summed E-state index contributed by atoms with van der Waals surface area (Å²) < 4.78 is 4.73. The standard InChI is InChI=1S/C8H9NO2.C5H5N/c1-7(10)11-6-8-4-2-3-5-9-8;1-2-4-6-5-3-1/h2-5H,6H2,1H3;1-5H. The minimum Gasteiger partial charge on any atom is -0.459 e. The number of aromatic nitrogens is 2. The predicted octanol–water partition coefficient (Wildman–Crippen LogP) is 2.23. The summed E-state index contributed by atoms with van der Waals surface area (Å²) >= 11 is 0. The maximum Gasteiger partial charge on any atom is 0.303 e. The average Bonchev–Trinajstić information content (AvgIpc) is 2.40. The molecule has 0 spiro atoms. The Morgan fingerprint density at radius 3 is 2.24 bits per heavy atom. The second-order valence-corrected chi connectivity index (χ2v) is 3.13. The summed E-state index contributed by atoms with van der Waals surface area (Å²) in [6.45, 7) is 1.64. The van der Waals surface area contributed by atoms with Crippen molar-refractivity contribution in [2.45, 2.75) is 13.5 Å². The summed E-state index contributed by atoms with van der Waals surface area (Å²) in [5, 5.41) is 0. The van der Waals surface area contributed by atoms with Crippen LogP contribution in [0.2, 0.25) is 0 Å². The summed E-state index contributed by atoms with van der Waals surface area (Å²) in [4.78, 5) is 18.1. The summed E-state index contributed by atoms with van der Waals surface area (Å²) in [6.07, 6.45) is 5.17. The molecule has 0 saturated heterocycles. The van der Waals surface area contributed by atoms with Crippen molar-refractivity contribution >= 4 is 5.97 Å². The lowest BCUT2D eigenvalue weighted by Gasteiger charge is -1.98. The van der Waals surface area contributed by atoms with E-state index in [2.05, 4.69) is 9.97 Å². The van der Waals surface area contributed by atoms with Crippen molar-refractivity contribution in [2.75, 3.05) is 0 Å². The van der Waals surface area contributed by atoms with Crippen molar-refractivity contribution in [3.8, 4) is 0 Å². The Morgan fingerprint density at radius 1 is 1.12 bits per heavy atom. The number of pyridine rings is 2. The third-order valence-electron chi connectivity index (χ3n) is 1.72. The minimum absolute atomic E-state index is 0.260. The first-order valence-corrected chi connectivity index (χ1v) is 5.17. The van der Waals surface area contributed by atoms with Crippen molar-refractivity contribution in [3.05, 3.63) is 60.7 Å². The number of ether oxygens (including phenoxy) is 1. The highest BCUT2D eigenvalue weighted by atomic mass is 16.5. The molecule has 2 aromatic heterocycles. The molecule has 0 bridgehead atoms. The van der Waals surface area contributed by atoms with Crippen LogP contribution < -0.4 is 0 Å². The van der Waals surface area contributed by atoms with Gasteiger partial charge in [-0.25, -0.2) is 0 Å². The van der Waals surface area contributed by atoms with Gasteiger partial charge in [-0.15, -0.1) is 0 Å². The number of esters is 1. The number of nitrogens with zero attached hydrogens (tertiary/aromatic N) is 2. The second kappa shape index (κ2) is 7.98. The third kappa shape index (κ3) is 6.78. The largest absolute Gasteiger partial charge is 0.459 e. The van der Waals surface area contributed by atoms with Crippen LogP contribution in [0.25, 0.3) is 0 Å². The molecule has 0 N–H and O–H groups in total. The molecule has 4 nitrogen and oxygen atoms in total. The quantitative estimate of drug-likeness (QED) is 0.742. The number of rotatable bonds is 2. The molecule has 88 valence electrons. The van der Waals surface area contributed by atoms with Gasteiger partial charge in [-0.05, 0) is 24.3 Å². The summed E-state index contributed by atoms with van der Waals surface area (Å²) in [5.74, 6) is -0.282. The molecule has 2 aromatic rings. The van der Waals surface area contributed by atoms with Crippen LogP contribution in [0.1, 0.15) is 12.6 Å². The SMILES string of the molecule is CC(=O)OCc1ccccn1.c1ccncc1. The molecule has 0 amide bonds. The van der Waals surface area contributed by atoms with Gasteiger partial charge in [-0.1, -0.05) is 12.1 Å². The van der Waals surface area contributed by atoms with Gasteiger partial charge < -0.3 is 4.74 Å². The molecule has 4 heteroatoms. The number of hydrogen-bond acceptors (Lipinski definition) is 4. The maximum atomic E-state index is 10.4.